The van der Waals surface area contributed by atoms with Gasteiger partial charge in [0.25, 0.3) is 0 Å². The predicted octanol–water partition coefficient (Wildman–Crippen LogP) is 5.90. The molecule has 0 radical (unpaired) electrons. The van der Waals surface area contributed by atoms with Crippen LogP contribution < -0.4 is 25.6 Å². The van der Waals surface area contributed by atoms with Gasteiger partial charge in [-0.05, 0) is 53.9 Å². The van der Waals surface area contributed by atoms with E-state index in [4.69, 9.17) is 18.3 Å². The number of hydrogen-bond donors (Lipinski definition) is 0. The quantitative estimate of drug-likeness (QED) is 0.213. The van der Waals surface area contributed by atoms with Crippen LogP contribution in [0.5, 0.6) is 11.5 Å². The number of rotatable bonds is 6. The monoisotopic (exact) mass is 557 g/mol. The van der Waals surface area contributed by atoms with Crippen LogP contribution in [-0.2, 0) is 17.3 Å². The van der Waals surface area contributed by atoms with Gasteiger partial charge >= 0.3 is 11.3 Å². The number of ether oxygens (including phenoxy) is 2. The molecule has 0 bridgehead atoms. The van der Waals surface area contributed by atoms with E-state index in [0.29, 0.717) is 28.0 Å². The Kier molecular flexibility index (Phi) is 6.28. The van der Waals surface area contributed by atoms with Crippen molar-refractivity contribution in [2.45, 2.75) is 64.2 Å². The van der Waals surface area contributed by atoms with Crippen LogP contribution in [0.15, 0.2) is 48.8 Å². The van der Waals surface area contributed by atoms with Crippen molar-refractivity contribution in [1.82, 2.24) is 0 Å². The summed E-state index contributed by atoms with van der Waals surface area (Å²) in [6, 6.07) is 8.74. The number of aryl methyl sites for hydroxylation is 1. The summed E-state index contributed by atoms with van der Waals surface area (Å²) in [5.41, 5.74) is 3.44. The molecule has 2 aromatic heterocycles. The van der Waals surface area contributed by atoms with Gasteiger partial charge in [-0.3, -0.25) is 4.79 Å². The minimum atomic E-state index is -0.747. The minimum absolute atomic E-state index is 0.0103. The number of benzene rings is 2. The molecule has 41 heavy (non-hydrogen) atoms. The van der Waals surface area contributed by atoms with Crippen molar-refractivity contribution in [1.29, 1.82) is 0 Å². The third-order valence-corrected chi connectivity index (χ3v) is 8.97. The maximum Gasteiger partial charge on any atom is 0.347 e. The Morgan fingerprint density at radius 1 is 0.902 bits per heavy atom. The zero-order chi connectivity index (χ0) is 29.3. The fourth-order valence-electron chi connectivity index (χ4n) is 6.39. The molecule has 0 N–H and O–H groups in total. The number of hydrogen-bond acceptors (Lipinski definition) is 8. The summed E-state index contributed by atoms with van der Waals surface area (Å²) in [5, 5.41) is 1.36. The Bertz CT molecular complexity index is 1840. The van der Waals surface area contributed by atoms with Gasteiger partial charge in [0.15, 0.2) is 5.78 Å². The maximum absolute atomic E-state index is 13.2. The largest absolute Gasteiger partial charge is 0.496 e. The summed E-state index contributed by atoms with van der Waals surface area (Å²) >= 11 is 0. The van der Waals surface area contributed by atoms with E-state index in [1.54, 1.807) is 12.1 Å². The fourth-order valence-corrected chi connectivity index (χ4v) is 6.39. The zero-order valence-corrected chi connectivity index (χ0v) is 24.4. The molecule has 0 fully saturated rings. The fraction of sp³-hybridized carbons (Fsp3) is 0.424. The van der Waals surface area contributed by atoms with E-state index in [1.165, 1.54) is 31.5 Å². The zero-order valence-electron chi connectivity index (χ0n) is 24.4. The first-order valence-electron chi connectivity index (χ1n) is 14.1. The Hall–Kier alpha value is -4.07. The average Bonchev–Trinajstić information content (AvgIpc) is 2.93. The lowest BCUT2D eigenvalue weighted by Crippen LogP contribution is -2.44. The molecule has 2 aliphatic heterocycles. The third-order valence-electron chi connectivity index (χ3n) is 8.97. The molecule has 6 rings (SSSR count). The molecule has 4 aromatic rings. The SMILES string of the molecule is COc1cc(OC)c2cc(C(=O)CCc3cc4cc5c6c(c4oc3=O)C(C)(C)CCN6CCC5(C)C)c(=O)oc2c1. The van der Waals surface area contributed by atoms with Gasteiger partial charge in [-0.15, -0.1) is 0 Å². The molecule has 2 aromatic carbocycles. The van der Waals surface area contributed by atoms with Gasteiger partial charge in [0, 0.05) is 53.8 Å². The molecular formula is C33H35NO7. The summed E-state index contributed by atoms with van der Waals surface area (Å²) in [6.45, 7) is 10.9. The number of anilines is 1. The Morgan fingerprint density at radius 3 is 2.34 bits per heavy atom. The first-order valence-corrected chi connectivity index (χ1v) is 14.1. The summed E-state index contributed by atoms with van der Waals surface area (Å²) in [6.07, 6.45) is 2.12. The molecule has 0 saturated carbocycles. The van der Waals surface area contributed by atoms with E-state index in [-0.39, 0.29) is 34.8 Å². The topological polar surface area (TPSA) is 99.2 Å². The third kappa shape index (κ3) is 4.40. The van der Waals surface area contributed by atoms with Gasteiger partial charge in [0.1, 0.15) is 28.2 Å². The highest BCUT2D eigenvalue weighted by molar-refractivity contribution is 5.99. The molecule has 0 saturated heterocycles. The van der Waals surface area contributed by atoms with Crippen molar-refractivity contribution in [2.24, 2.45) is 0 Å². The average molecular weight is 558 g/mol. The van der Waals surface area contributed by atoms with E-state index < -0.39 is 17.0 Å². The van der Waals surface area contributed by atoms with Gasteiger partial charge in [0.2, 0.25) is 0 Å². The van der Waals surface area contributed by atoms with Crippen molar-refractivity contribution in [3.05, 3.63) is 73.4 Å². The van der Waals surface area contributed by atoms with Crippen molar-refractivity contribution >= 4 is 33.4 Å². The van der Waals surface area contributed by atoms with Crippen LogP contribution in [0.3, 0.4) is 0 Å². The predicted molar refractivity (Wildman–Crippen MR) is 158 cm³/mol. The highest BCUT2D eigenvalue weighted by Gasteiger charge is 2.42. The van der Waals surface area contributed by atoms with E-state index in [2.05, 4.69) is 38.7 Å². The second-order valence-corrected chi connectivity index (χ2v) is 12.5. The van der Waals surface area contributed by atoms with Crippen LogP contribution in [0, 0.1) is 0 Å². The number of fused-ring (bicyclic) bond motifs is 3. The minimum Gasteiger partial charge on any atom is -0.496 e. The number of ketones is 1. The molecule has 0 unspecified atom stereocenters. The van der Waals surface area contributed by atoms with Crippen molar-refractivity contribution in [2.75, 3.05) is 32.2 Å². The molecule has 4 heterocycles. The molecule has 2 aliphatic rings. The van der Waals surface area contributed by atoms with Crippen LogP contribution in [0.1, 0.15) is 74.0 Å². The number of nitrogens with zero attached hydrogens (tertiary/aromatic N) is 1. The van der Waals surface area contributed by atoms with E-state index in [0.717, 1.165) is 36.9 Å². The van der Waals surface area contributed by atoms with E-state index >= 15 is 0 Å². The van der Waals surface area contributed by atoms with Crippen LogP contribution in [0.25, 0.3) is 21.9 Å². The summed E-state index contributed by atoms with van der Waals surface area (Å²) in [5.74, 6) is 0.468. The van der Waals surface area contributed by atoms with Crippen LogP contribution >= 0.6 is 0 Å². The molecule has 0 amide bonds. The van der Waals surface area contributed by atoms with Gasteiger partial charge < -0.3 is 23.2 Å². The van der Waals surface area contributed by atoms with Crippen LogP contribution in [-0.4, -0.2) is 33.1 Å². The lowest BCUT2D eigenvalue weighted by atomic mass is 9.69. The molecule has 8 heteroatoms. The number of Topliss-reactive ketones (excluding diaryl/α,β-unsaturated/α-hetero) is 1. The Balaban J connectivity index is 1.37. The molecule has 0 spiro atoms. The first-order chi connectivity index (χ1) is 19.4. The Morgan fingerprint density at radius 2 is 1.63 bits per heavy atom. The Labute approximate surface area is 237 Å². The second-order valence-electron chi connectivity index (χ2n) is 12.5. The van der Waals surface area contributed by atoms with Crippen molar-refractivity contribution in [3.63, 3.8) is 0 Å². The van der Waals surface area contributed by atoms with Gasteiger partial charge in [-0.1, -0.05) is 27.7 Å². The van der Waals surface area contributed by atoms with Gasteiger partial charge in [-0.25, -0.2) is 9.59 Å². The highest BCUT2D eigenvalue weighted by Crippen LogP contribution is 2.51. The molecular weight excluding hydrogens is 522 g/mol. The standard InChI is InChI=1S/C33H35NO7/c1-32(2)9-11-34-12-10-33(3,4)27-28(34)23(32)14-19-13-18(30(36)41-29(19)27)7-8-24(35)21-17-22-25(39-6)15-20(38-5)16-26(22)40-31(21)37/h13-17H,7-12H2,1-6H3. The van der Waals surface area contributed by atoms with Gasteiger partial charge in [-0.2, -0.15) is 0 Å². The van der Waals surface area contributed by atoms with Crippen LogP contribution in [0.4, 0.5) is 5.69 Å². The normalized spacial score (nSPS) is 17.0. The smallest absolute Gasteiger partial charge is 0.347 e. The lowest BCUT2D eigenvalue weighted by molar-refractivity contribution is 0.0979. The van der Waals surface area contributed by atoms with Crippen LogP contribution in [0.2, 0.25) is 0 Å². The van der Waals surface area contributed by atoms with Crippen molar-refractivity contribution < 1.29 is 23.1 Å². The van der Waals surface area contributed by atoms with E-state index in [9.17, 15) is 14.4 Å². The molecule has 0 atom stereocenters. The molecule has 8 nitrogen and oxygen atoms in total. The highest BCUT2D eigenvalue weighted by atomic mass is 16.5. The molecule has 214 valence electrons. The number of carbonyl (C=O) groups is 1. The summed E-state index contributed by atoms with van der Waals surface area (Å²) < 4.78 is 22.1. The van der Waals surface area contributed by atoms with Gasteiger partial charge in [0.05, 0.1) is 19.6 Å². The second kappa shape index (κ2) is 9.50. The molecule has 0 aliphatic carbocycles. The maximum atomic E-state index is 13.2. The summed E-state index contributed by atoms with van der Waals surface area (Å²) in [7, 11) is 2.99. The summed E-state index contributed by atoms with van der Waals surface area (Å²) in [4.78, 5) is 41.6. The first kappa shape index (κ1) is 27.1. The van der Waals surface area contributed by atoms with E-state index in [1.807, 2.05) is 6.07 Å². The number of methoxy groups -OCH3 is 2. The lowest BCUT2D eigenvalue weighted by Gasteiger charge is -2.48. The number of carbonyl (C=O) groups excluding carboxylic acids is 1. The van der Waals surface area contributed by atoms with Crippen molar-refractivity contribution in [3.8, 4) is 11.5 Å².